The minimum absolute atomic E-state index is 0.482. The Bertz CT molecular complexity index is 799. The number of aryl methyl sites for hydroxylation is 3. The van der Waals surface area contributed by atoms with Gasteiger partial charge in [-0.2, -0.15) is 5.10 Å². The first-order chi connectivity index (χ1) is 10.1. The maximum atomic E-state index is 11.3. The molecule has 3 heterocycles. The summed E-state index contributed by atoms with van der Waals surface area (Å²) in [5.74, 6) is 0.482. The lowest BCUT2D eigenvalue weighted by molar-refractivity contribution is 0.112. The highest BCUT2D eigenvalue weighted by atomic mass is 32.1. The molecule has 0 unspecified atom stereocenters. The van der Waals surface area contributed by atoms with Crippen LogP contribution in [0.4, 0.5) is 0 Å². The lowest BCUT2D eigenvalue weighted by Gasteiger charge is -2.02. The van der Waals surface area contributed by atoms with Gasteiger partial charge in [-0.25, -0.2) is 14.6 Å². The number of carbonyl (C=O) groups is 1. The van der Waals surface area contributed by atoms with E-state index in [2.05, 4.69) is 15.1 Å². The molecule has 21 heavy (non-hydrogen) atoms. The van der Waals surface area contributed by atoms with Gasteiger partial charge < -0.3 is 0 Å². The zero-order valence-corrected chi connectivity index (χ0v) is 12.8. The van der Waals surface area contributed by atoms with Gasteiger partial charge in [0.05, 0.1) is 10.4 Å². The topological polar surface area (TPSA) is 60.7 Å². The Morgan fingerprint density at radius 3 is 2.48 bits per heavy atom. The molecule has 0 atom stereocenters. The molecular formula is C15H14N4OS. The molecule has 6 heteroatoms. The summed E-state index contributed by atoms with van der Waals surface area (Å²) in [4.78, 5) is 21.1. The van der Waals surface area contributed by atoms with E-state index in [4.69, 9.17) is 0 Å². The number of nitrogens with zero attached hydrogens (tertiary/aromatic N) is 4. The summed E-state index contributed by atoms with van der Waals surface area (Å²) in [6, 6.07) is 3.92. The van der Waals surface area contributed by atoms with E-state index in [-0.39, 0.29) is 0 Å². The lowest BCUT2D eigenvalue weighted by atomic mass is 10.2. The molecule has 0 fully saturated rings. The second-order valence-electron chi connectivity index (χ2n) is 4.88. The summed E-state index contributed by atoms with van der Waals surface area (Å²) in [5.41, 5.74) is 4.07. The van der Waals surface area contributed by atoms with Gasteiger partial charge in [0.25, 0.3) is 5.95 Å². The van der Waals surface area contributed by atoms with Gasteiger partial charge in [0, 0.05) is 17.6 Å². The molecule has 0 aliphatic heterocycles. The molecule has 5 nitrogen and oxygen atoms in total. The van der Waals surface area contributed by atoms with Crippen molar-refractivity contribution >= 4 is 17.6 Å². The minimum atomic E-state index is 0.482. The average Bonchev–Trinajstić information content (AvgIpc) is 3.03. The third-order valence-corrected chi connectivity index (χ3v) is 4.15. The highest BCUT2D eigenvalue weighted by Crippen LogP contribution is 2.30. The van der Waals surface area contributed by atoms with E-state index in [1.165, 1.54) is 0 Å². The molecule has 0 radical (unpaired) electrons. The molecule has 3 rings (SSSR count). The van der Waals surface area contributed by atoms with Crippen molar-refractivity contribution in [2.24, 2.45) is 0 Å². The molecule has 0 N–H and O–H groups in total. The van der Waals surface area contributed by atoms with Crippen molar-refractivity contribution in [2.45, 2.75) is 20.8 Å². The first kappa shape index (κ1) is 13.6. The fourth-order valence-electron chi connectivity index (χ4n) is 2.18. The SMILES string of the molecule is Cc1cc(C)nc(-n2cc(C=O)c(-c3sccc3C)n2)n1. The molecule has 106 valence electrons. The number of aromatic nitrogens is 4. The molecule has 0 amide bonds. The van der Waals surface area contributed by atoms with Crippen molar-refractivity contribution in [3.63, 3.8) is 0 Å². The predicted molar refractivity (Wildman–Crippen MR) is 82.1 cm³/mol. The van der Waals surface area contributed by atoms with Gasteiger partial charge >= 0.3 is 0 Å². The molecule has 0 saturated heterocycles. The second kappa shape index (κ2) is 5.21. The van der Waals surface area contributed by atoms with E-state index in [0.717, 1.165) is 28.1 Å². The number of carbonyl (C=O) groups excluding carboxylic acids is 1. The van der Waals surface area contributed by atoms with E-state index in [0.29, 0.717) is 17.2 Å². The Morgan fingerprint density at radius 1 is 1.19 bits per heavy atom. The van der Waals surface area contributed by atoms with E-state index in [9.17, 15) is 4.79 Å². The van der Waals surface area contributed by atoms with E-state index < -0.39 is 0 Å². The maximum absolute atomic E-state index is 11.3. The first-order valence-corrected chi connectivity index (χ1v) is 7.38. The molecule has 0 aliphatic rings. The molecule has 3 aromatic heterocycles. The Labute approximate surface area is 126 Å². The average molecular weight is 298 g/mol. The Morgan fingerprint density at radius 2 is 1.90 bits per heavy atom. The number of thiophene rings is 1. The van der Waals surface area contributed by atoms with Gasteiger partial charge in [0.2, 0.25) is 0 Å². The second-order valence-corrected chi connectivity index (χ2v) is 5.80. The molecular weight excluding hydrogens is 284 g/mol. The van der Waals surface area contributed by atoms with Crippen LogP contribution < -0.4 is 0 Å². The van der Waals surface area contributed by atoms with Crippen LogP contribution in [0.25, 0.3) is 16.5 Å². The standard InChI is InChI=1S/C15H14N4OS/c1-9-4-5-21-14(9)13-12(8-20)7-19(18-13)15-16-10(2)6-11(3)17-15/h4-8H,1-3H3. The van der Waals surface area contributed by atoms with Gasteiger partial charge in [0.1, 0.15) is 5.69 Å². The van der Waals surface area contributed by atoms with Crippen molar-refractivity contribution in [3.8, 4) is 16.5 Å². The summed E-state index contributed by atoms with van der Waals surface area (Å²) in [6.07, 6.45) is 2.50. The summed E-state index contributed by atoms with van der Waals surface area (Å²) in [7, 11) is 0. The highest BCUT2D eigenvalue weighted by Gasteiger charge is 2.16. The van der Waals surface area contributed by atoms with Crippen LogP contribution in [0.3, 0.4) is 0 Å². The molecule has 0 saturated carbocycles. The van der Waals surface area contributed by atoms with Crippen LogP contribution in [0, 0.1) is 20.8 Å². The quantitative estimate of drug-likeness (QED) is 0.697. The van der Waals surface area contributed by atoms with Crippen molar-refractivity contribution < 1.29 is 4.79 Å². The van der Waals surface area contributed by atoms with Gasteiger partial charge in [0.15, 0.2) is 6.29 Å². The fraction of sp³-hybridized carbons (Fsp3) is 0.200. The maximum Gasteiger partial charge on any atom is 0.250 e. The van der Waals surface area contributed by atoms with E-state index in [1.54, 1.807) is 22.2 Å². The van der Waals surface area contributed by atoms with Crippen LogP contribution in [0.2, 0.25) is 0 Å². The van der Waals surface area contributed by atoms with Gasteiger partial charge in [-0.1, -0.05) is 0 Å². The predicted octanol–water partition coefficient (Wildman–Crippen LogP) is 3.13. The first-order valence-electron chi connectivity index (χ1n) is 6.50. The lowest BCUT2D eigenvalue weighted by Crippen LogP contribution is -2.04. The normalized spacial score (nSPS) is 10.8. The van der Waals surface area contributed by atoms with Crippen LogP contribution in [0.5, 0.6) is 0 Å². The molecule has 0 spiro atoms. The fourth-order valence-corrected chi connectivity index (χ4v) is 3.11. The van der Waals surface area contributed by atoms with Crippen molar-refractivity contribution in [3.05, 3.63) is 46.2 Å². The number of hydrogen-bond donors (Lipinski definition) is 0. The van der Waals surface area contributed by atoms with Crippen LogP contribution in [-0.2, 0) is 0 Å². The van der Waals surface area contributed by atoms with Gasteiger partial charge in [-0.3, -0.25) is 4.79 Å². The monoisotopic (exact) mass is 298 g/mol. The number of aldehydes is 1. The Hall–Kier alpha value is -2.34. The van der Waals surface area contributed by atoms with Crippen LogP contribution in [-0.4, -0.2) is 26.0 Å². The smallest absolute Gasteiger partial charge is 0.250 e. The third-order valence-electron chi connectivity index (χ3n) is 3.12. The van der Waals surface area contributed by atoms with E-state index in [1.807, 2.05) is 38.3 Å². The Balaban J connectivity index is 2.16. The molecule has 0 aliphatic carbocycles. The minimum Gasteiger partial charge on any atom is -0.298 e. The number of hydrogen-bond acceptors (Lipinski definition) is 5. The van der Waals surface area contributed by atoms with Gasteiger partial charge in [-0.15, -0.1) is 11.3 Å². The number of rotatable bonds is 3. The summed E-state index contributed by atoms with van der Waals surface area (Å²) < 4.78 is 1.57. The van der Waals surface area contributed by atoms with E-state index >= 15 is 0 Å². The van der Waals surface area contributed by atoms with Crippen molar-refractivity contribution in [1.82, 2.24) is 19.7 Å². The zero-order chi connectivity index (χ0) is 15.0. The van der Waals surface area contributed by atoms with Crippen LogP contribution in [0.1, 0.15) is 27.3 Å². The summed E-state index contributed by atoms with van der Waals surface area (Å²) in [6.45, 7) is 5.83. The third kappa shape index (κ3) is 2.50. The summed E-state index contributed by atoms with van der Waals surface area (Å²) in [5, 5.41) is 6.50. The van der Waals surface area contributed by atoms with Crippen LogP contribution >= 0.6 is 11.3 Å². The Kier molecular flexibility index (Phi) is 3.39. The molecule has 0 aromatic carbocycles. The van der Waals surface area contributed by atoms with Crippen molar-refractivity contribution in [1.29, 1.82) is 0 Å². The molecule has 3 aromatic rings. The largest absolute Gasteiger partial charge is 0.298 e. The zero-order valence-electron chi connectivity index (χ0n) is 12.0. The van der Waals surface area contributed by atoms with Gasteiger partial charge in [-0.05, 0) is 43.8 Å². The summed E-state index contributed by atoms with van der Waals surface area (Å²) >= 11 is 1.57. The highest BCUT2D eigenvalue weighted by molar-refractivity contribution is 7.13. The van der Waals surface area contributed by atoms with Crippen molar-refractivity contribution in [2.75, 3.05) is 0 Å². The van der Waals surface area contributed by atoms with Crippen LogP contribution in [0.15, 0.2) is 23.7 Å². The molecule has 0 bridgehead atoms.